The Morgan fingerprint density at radius 1 is 0.575 bits per heavy atom. The van der Waals surface area contributed by atoms with Crippen molar-refractivity contribution in [3.8, 4) is 57.0 Å². The number of aromatic carboxylic acids is 1. The molecule has 0 aliphatic heterocycles. The van der Waals surface area contributed by atoms with Crippen LogP contribution < -0.4 is 34.2 Å². The van der Waals surface area contributed by atoms with Crippen LogP contribution in [0, 0.1) is 11.6 Å². The molecule has 0 saturated heterocycles. The summed E-state index contributed by atoms with van der Waals surface area (Å²) in [4.78, 5) is 31.8. The van der Waals surface area contributed by atoms with Crippen LogP contribution in [0.5, 0.6) is 34.5 Å². The number of carbonyl (C=O) groups is 2. The normalized spacial score (nSPS) is 12.9. The van der Waals surface area contributed by atoms with Gasteiger partial charge in [-0.2, -0.15) is 0 Å². The number of ether oxygens (including phenoxy) is 6. The number of Topliss-reactive ketones (excluding diaryl/α,β-unsaturated/α-hetero) is 1. The minimum absolute atomic E-state index is 0. The van der Waals surface area contributed by atoms with Gasteiger partial charge in [-0.25, -0.2) is 41.1 Å². The Kier molecular flexibility index (Phi) is 28.8. The number of aliphatic hydroxyl groups is 4. The van der Waals surface area contributed by atoms with Crippen LogP contribution in [0.4, 0.5) is 26.3 Å². The van der Waals surface area contributed by atoms with Crippen molar-refractivity contribution < 1.29 is 89.9 Å². The minimum Gasteiger partial charge on any atom is -0.494 e. The van der Waals surface area contributed by atoms with Crippen LogP contribution in [-0.2, 0) is 11.2 Å². The second-order valence-electron chi connectivity index (χ2n) is 16.7. The lowest BCUT2D eigenvalue weighted by atomic mass is 9.90. The summed E-state index contributed by atoms with van der Waals surface area (Å²) in [6.07, 6.45) is -8.81. The molecule has 0 aliphatic rings. The lowest BCUT2D eigenvalue weighted by Gasteiger charge is -2.27. The molecule has 80 heavy (non-hydrogen) atoms. The molecule has 7 N–H and O–H groups in total. The maximum absolute atomic E-state index is 14.2. The van der Waals surface area contributed by atoms with Crippen molar-refractivity contribution >= 4 is 35.0 Å². The molecule has 0 aliphatic carbocycles. The minimum atomic E-state index is -3.29. The van der Waals surface area contributed by atoms with Gasteiger partial charge in [0.05, 0.1) is 67.6 Å². The van der Waals surface area contributed by atoms with Gasteiger partial charge in [-0.1, -0.05) is 45.5 Å². The Hall–Kier alpha value is -6.92. The summed E-state index contributed by atoms with van der Waals surface area (Å²) < 4.78 is 113. The van der Waals surface area contributed by atoms with Crippen LogP contribution in [0.25, 0.3) is 22.5 Å². The van der Waals surface area contributed by atoms with E-state index in [-0.39, 0.29) is 96.6 Å². The number of hydrogen-bond acceptors (Lipinski definition) is 15. The van der Waals surface area contributed by atoms with Crippen LogP contribution in [0.1, 0.15) is 81.1 Å². The maximum Gasteiger partial charge on any atom is 0.335 e. The zero-order valence-electron chi connectivity index (χ0n) is 42.1. The van der Waals surface area contributed by atoms with E-state index in [1.54, 1.807) is 13.8 Å². The first kappa shape index (κ1) is 71.1. The molecular formula is C56H67Cl2F6N3O13. The smallest absolute Gasteiger partial charge is 0.335 e. The number of nitrogens with two attached hydrogens (primary N) is 1. The van der Waals surface area contributed by atoms with E-state index in [9.17, 15) is 51.3 Å². The molecule has 24 heteroatoms. The van der Waals surface area contributed by atoms with Crippen molar-refractivity contribution in [1.82, 2.24) is 9.97 Å². The lowest BCUT2D eigenvalue weighted by Crippen LogP contribution is -2.42. The van der Waals surface area contributed by atoms with Crippen molar-refractivity contribution in [3.05, 3.63) is 141 Å². The fourth-order valence-corrected chi connectivity index (χ4v) is 7.17. The zero-order chi connectivity index (χ0) is 57.4. The van der Waals surface area contributed by atoms with E-state index < -0.39 is 84.7 Å². The molecule has 2 heterocycles. The molecule has 16 nitrogen and oxygen atoms in total. The van der Waals surface area contributed by atoms with E-state index in [2.05, 4.69) is 9.97 Å². The molecule has 0 bridgehead atoms. The van der Waals surface area contributed by atoms with Crippen molar-refractivity contribution in [2.24, 2.45) is 5.73 Å². The SMILES string of the molecule is C.C.C.COc1cc(C(=O)CCC(O)(c2ccc(OC)c(-c3ccc(F)c(Cl)c3)n2)C(F)F)ccc1OC[C@@H](C)O.COc1cc(C(=O)O)ccc1OC[C@@H](C)O.COc1ccc(C(O)(CN)C(F)F)nc1-c1ccc(F)c(Cl)c1. The Morgan fingerprint density at radius 2 is 0.950 bits per heavy atom. The van der Waals surface area contributed by atoms with Gasteiger partial charge in [0, 0.05) is 29.7 Å². The number of carboxylic acids is 1. The van der Waals surface area contributed by atoms with Gasteiger partial charge < -0.3 is 59.7 Å². The molecular weight excluding hydrogens is 1110 g/mol. The molecule has 0 spiro atoms. The summed E-state index contributed by atoms with van der Waals surface area (Å²) in [5, 5.41) is 47.9. The van der Waals surface area contributed by atoms with E-state index in [1.807, 2.05) is 0 Å². The molecule has 0 amide bonds. The average molecular weight is 1180 g/mol. The molecule has 0 saturated carbocycles. The van der Waals surface area contributed by atoms with Crippen molar-refractivity contribution in [2.45, 2.75) is 85.2 Å². The molecule has 4 aromatic carbocycles. The Balaban J connectivity index is 0.000000649. The van der Waals surface area contributed by atoms with E-state index >= 15 is 0 Å². The number of nitrogens with zero attached hydrogens (tertiary/aromatic N) is 2. The number of ketones is 1. The summed E-state index contributed by atoms with van der Waals surface area (Å²) in [5.74, 6) is -1.15. The number of aromatic nitrogens is 2. The predicted octanol–water partition coefficient (Wildman–Crippen LogP) is 11.5. The summed E-state index contributed by atoms with van der Waals surface area (Å²) in [7, 11) is 5.51. The van der Waals surface area contributed by atoms with Crippen molar-refractivity contribution in [1.29, 1.82) is 0 Å². The van der Waals surface area contributed by atoms with E-state index in [1.165, 1.54) is 113 Å². The number of hydrogen-bond donors (Lipinski definition) is 6. The lowest BCUT2D eigenvalue weighted by molar-refractivity contribution is -0.109. The van der Waals surface area contributed by atoms with Crippen LogP contribution >= 0.6 is 23.2 Å². The Bertz CT molecular complexity index is 2960. The highest BCUT2D eigenvalue weighted by molar-refractivity contribution is 6.31. The number of methoxy groups -OCH3 is 4. The van der Waals surface area contributed by atoms with Gasteiger partial charge in [-0.15, -0.1) is 0 Å². The summed E-state index contributed by atoms with van der Waals surface area (Å²) in [6.45, 7) is 2.56. The fourth-order valence-electron chi connectivity index (χ4n) is 6.81. The van der Waals surface area contributed by atoms with E-state index in [4.69, 9.17) is 67.6 Å². The second-order valence-corrected chi connectivity index (χ2v) is 17.5. The third-order valence-electron chi connectivity index (χ3n) is 11.1. The summed E-state index contributed by atoms with van der Waals surface area (Å²) in [6, 6.07) is 21.2. The van der Waals surface area contributed by atoms with Crippen LogP contribution in [0.15, 0.2) is 97.1 Å². The van der Waals surface area contributed by atoms with E-state index in [0.29, 0.717) is 22.8 Å². The van der Waals surface area contributed by atoms with Gasteiger partial charge >= 0.3 is 5.97 Å². The average Bonchev–Trinajstić information content (AvgIpc) is 3.41. The highest BCUT2D eigenvalue weighted by Gasteiger charge is 2.42. The van der Waals surface area contributed by atoms with Crippen molar-refractivity contribution in [2.75, 3.05) is 48.2 Å². The standard InChI is InChI=1S/C27H27ClF3NO6.C15H14ClF3N2O2.C11H14O5.3CH4/c1-15(33)14-38-21-7-5-16(13-23(21)37-3)20(34)10-11-27(35,26(30)31)24-9-8-22(36-2)25(32-24)17-4-6-19(29)18(28)12-17;1-23-11-4-5-12(15(22,7-20)14(18)19)21-13(11)8-2-3-10(17)9(16)6-8;1-7(12)6-16-9-4-3-8(11(13)14)5-10(9)15-2;;;/h4-9,12-13,15,26,33,35H,10-11,14H2,1-3H3;2-6,14,22H,7,20H2,1H3;3-5,7,12H,6H2,1-2H3,(H,13,14);3*1H4/t15-,27?;;7-;;;/m1.1.../s1. The molecule has 4 atom stereocenters. The monoisotopic (exact) mass is 1170 g/mol. The number of alkyl halides is 4. The molecule has 0 radical (unpaired) electrons. The largest absolute Gasteiger partial charge is 0.494 e. The van der Waals surface area contributed by atoms with Crippen LogP contribution in [0.3, 0.4) is 0 Å². The second kappa shape index (κ2) is 32.4. The number of rotatable bonds is 22. The first-order chi connectivity index (χ1) is 36.4. The number of carbonyl (C=O) groups excluding carboxylic acids is 1. The topological polar surface area (TPSA) is 242 Å². The summed E-state index contributed by atoms with van der Waals surface area (Å²) in [5.41, 5.74) is 0.324. The molecule has 2 unspecified atom stereocenters. The first-order valence-electron chi connectivity index (χ1n) is 22.8. The summed E-state index contributed by atoms with van der Waals surface area (Å²) >= 11 is 11.6. The van der Waals surface area contributed by atoms with E-state index in [0.717, 1.165) is 12.1 Å². The number of carboxylic acid groups (broad SMARTS) is 1. The fraction of sp³-hybridized carbons (Fsp3) is 0.357. The number of benzene rings is 4. The third-order valence-corrected chi connectivity index (χ3v) is 11.6. The quantitative estimate of drug-likeness (QED) is 0.0273. The number of pyridine rings is 2. The molecule has 6 aromatic rings. The first-order valence-corrected chi connectivity index (χ1v) is 23.6. The van der Waals surface area contributed by atoms with Gasteiger partial charge in [0.2, 0.25) is 0 Å². The van der Waals surface area contributed by atoms with Gasteiger partial charge in [-0.3, -0.25) is 4.79 Å². The molecule has 6 rings (SSSR count). The Morgan fingerprint density at radius 3 is 1.30 bits per heavy atom. The highest BCUT2D eigenvalue weighted by atomic mass is 35.5. The molecule has 2 aromatic heterocycles. The van der Waals surface area contributed by atoms with Gasteiger partial charge in [0.15, 0.2) is 40.0 Å². The van der Waals surface area contributed by atoms with Gasteiger partial charge in [0.25, 0.3) is 12.9 Å². The van der Waals surface area contributed by atoms with Gasteiger partial charge in [0.1, 0.15) is 47.7 Å². The molecule has 0 fully saturated rings. The third kappa shape index (κ3) is 18.3. The van der Waals surface area contributed by atoms with Gasteiger partial charge in [-0.05, 0) is 117 Å². The molecule has 440 valence electrons. The Labute approximate surface area is 470 Å². The zero-order valence-corrected chi connectivity index (χ0v) is 43.6. The van der Waals surface area contributed by atoms with Crippen LogP contribution in [-0.4, -0.2) is 121 Å². The number of aliphatic hydroxyl groups excluding tert-OH is 2. The highest BCUT2D eigenvalue weighted by Crippen LogP contribution is 2.39. The predicted molar refractivity (Wildman–Crippen MR) is 292 cm³/mol. The maximum atomic E-state index is 14.2. The number of halogens is 8. The van der Waals surface area contributed by atoms with Crippen LogP contribution in [0.2, 0.25) is 10.0 Å². The van der Waals surface area contributed by atoms with Crippen molar-refractivity contribution in [3.63, 3.8) is 0 Å².